The molecule has 0 aliphatic heterocycles. The summed E-state index contributed by atoms with van der Waals surface area (Å²) in [5.74, 6) is -0.0650. The highest BCUT2D eigenvalue weighted by molar-refractivity contribution is 7.88. The topological polar surface area (TPSA) is 92.4 Å². The molecule has 0 fully saturated rings. The number of alkyl halides is 1. The number of rotatable bonds is 6. The van der Waals surface area contributed by atoms with E-state index >= 15 is 0 Å². The molecule has 1 rings (SSSR count). The fourth-order valence-corrected chi connectivity index (χ4v) is 2.05. The van der Waals surface area contributed by atoms with Gasteiger partial charge in [-0.05, 0) is 17.7 Å². The van der Waals surface area contributed by atoms with Gasteiger partial charge in [0, 0.05) is 12.2 Å². The number of sulfonamides is 1. The molecule has 17 heavy (non-hydrogen) atoms. The van der Waals surface area contributed by atoms with Gasteiger partial charge in [-0.3, -0.25) is 0 Å². The van der Waals surface area contributed by atoms with Gasteiger partial charge in [0.05, 0.1) is 17.7 Å². The molecular formula is C10H15ClN2O3S. The van der Waals surface area contributed by atoms with E-state index in [2.05, 4.69) is 5.32 Å². The Balaban J connectivity index is 2.66. The lowest BCUT2D eigenvalue weighted by atomic mass is 10.2. The van der Waals surface area contributed by atoms with E-state index in [9.17, 15) is 13.5 Å². The predicted octanol–water partition coefficient (Wildman–Crippen LogP) is 0.487. The molecule has 1 unspecified atom stereocenters. The summed E-state index contributed by atoms with van der Waals surface area (Å²) in [5.41, 5.74) is 1.31. The normalized spacial score (nSPS) is 13.4. The zero-order chi connectivity index (χ0) is 12.9. The lowest BCUT2D eigenvalue weighted by Gasteiger charge is -2.10. The predicted molar refractivity (Wildman–Crippen MR) is 68.5 cm³/mol. The van der Waals surface area contributed by atoms with E-state index in [1.54, 1.807) is 24.3 Å². The summed E-state index contributed by atoms with van der Waals surface area (Å²) >= 11 is 5.45. The van der Waals surface area contributed by atoms with Crippen molar-refractivity contribution in [2.24, 2.45) is 5.14 Å². The van der Waals surface area contributed by atoms with Gasteiger partial charge < -0.3 is 10.4 Å². The molecule has 0 saturated carbocycles. The molecule has 0 spiro atoms. The zero-order valence-electron chi connectivity index (χ0n) is 9.14. The van der Waals surface area contributed by atoms with Crippen molar-refractivity contribution in [3.05, 3.63) is 29.8 Å². The van der Waals surface area contributed by atoms with Crippen LogP contribution >= 0.6 is 11.6 Å². The van der Waals surface area contributed by atoms with Crippen molar-refractivity contribution in [1.82, 2.24) is 0 Å². The molecule has 0 aliphatic rings. The largest absolute Gasteiger partial charge is 0.390 e. The Labute approximate surface area is 106 Å². The van der Waals surface area contributed by atoms with E-state index in [4.69, 9.17) is 16.7 Å². The first-order chi connectivity index (χ1) is 7.90. The number of nitrogens with one attached hydrogen (secondary N) is 1. The maximum atomic E-state index is 10.9. The maximum Gasteiger partial charge on any atom is 0.213 e. The highest BCUT2D eigenvalue weighted by atomic mass is 35.5. The third-order valence-electron chi connectivity index (χ3n) is 2.01. The van der Waals surface area contributed by atoms with Crippen LogP contribution in [-0.2, 0) is 15.8 Å². The third kappa shape index (κ3) is 5.88. The number of aliphatic hydroxyl groups is 1. The van der Waals surface area contributed by atoms with E-state index in [1.807, 2.05) is 0 Å². The minimum atomic E-state index is -3.53. The Morgan fingerprint density at radius 2 is 2.18 bits per heavy atom. The second-order valence-corrected chi connectivity index (χ2v) is 5.62. The van der Waals surface area contributed by atoms with Gasteiger partial charge >= 0.3 is 0 Å². The number of anilines is 1. The Morgan fingerprint density at radius 3 is 2.76 bits per heavy atom. The van der Waals surface area contributed by atoms with Crippen molar-refractivity contribution in [1.29, 1.82) is 0 Å². The number of hydrogen-bond acceptors (Lipinski definition) is 4. The highest BCUT2D eigenvalue weighted by Crippen LogP contribution is 2.12. The summed E-state index contributed by atoms with van der Waals surface area (Å²) < 4.78 is 21.8. The van der Waals surface area contributed by atoms with Crippen LogP contribution in [0.5, 0.6) is 0 Å². The minimum absolute atomic E-state index is 0.143. The van der Waals surface area contributed by atoms with Gasteiger partial charge in [-0.1, -0.05) is 12.1 Å². The number of halogens is 1. The van der Waals surface area contributed by atoms with Crippen LogP contribution < -0.4 is 10.5 Å². The van der Waals surface area contributed by atoms with Crippen molar-refractivity contribution in [3.63, 3.8) is 0 Å². The second kappa shape index (κ2) is 6.20. The molecule has 0 aliphatic carbocycles. The van der Waals surface area contributed by atoms with Gasteiger partial charge in [-0.15, -0.1) is 11.6 Å². The third-order valence-corrected chi connectivity index (χ3v) is 3.11. The van der Waals surface area contributed by atoms with Gasteiger partial charge in [-0.2, -0.15) is 0 Å². The molecule has 96 valence electrons. The first-order valence-corrected chi connectivity index (χ1v) is 7.23. The molecule has 1 aromatic rings. The zero-order valence-corrected chi connectivity index (χ0v) is 10.7. The summed E-state index contributed by atoms with van der Waals surface area (Å²) in [6.45, 7) is 0.308. The number of nitrogens with two attached hydrogens (primary N) is 1. The fraction of sp³-hybridized carbons (Fsp3) is 0.400. The molecule has 0 bridgehead atoms. The average Bonchev–Trinajstić information content (AvgIpc) is 2.24. The molecule has 1 atom stereocenters. The van der Waals surface area contributed by atoms with Crippen LogP contribution in [0, 0.1) is 0 Å². The SMILES string of the molecule is NS(=O)(=O)Cc1cccc(NCC(O)CCl)c1. The molecule has 5 nitrogen and oxygen atoms in total. The molecule has 7 heteroatoms. The Hall–Kier alpha value is -0.820. The molecule has 0 radical (unpaired) electrons. The number of aliphatic hydroxyl groups excluding tert-OH is 1. The molecule has 0 heterocycles. The summed E-state index contributed by atoms with van der Waals surface area (Å²) in [4.78, 5) is 0. The van der Waals surface area contributed by atoms with Crippen molar-refractivity contribution in [2.75, 3.05) is 17.7 Å². The molecule has 0 aromatic heterocycles. The van der Waals surface area contributed by atoms with Gasteiger partial charge in [0.1, 0.15) is 0 Å². The van der Waals surface area contributed by atoms with Gasteiger partial charge in [0.2, 0.25) is 10.0 Å². The summed E-state index contributed by atoms with van der Waals surface area (Å²) in [6.07, 6.45) is -0.640. The molecule has 4 N–H and O–H groups in total. The summed E-state index contributed by atoms with van der Waals surface area (Å²) in [7, 11) is -3.53. The van der Waals surface area contributed by atoms with E-state index in [0.717, 1.165) is 5.69 Å². The van der Waals surface area contributed by atoms with Crippen molar-refractivity contribution in [2.45, 2.75) is 11.9 Å². The first-order valence-electron chi connectivity index (χ1n) is 4.98. The Morgan fingerprint density at radius 1 is 1.47 bits per heavy atom. The average molecular weight is 279 g/mol. The van der Waals surface area contributed by atoms with Gasteiger partial charge in [0.15, 0.2) is 0 Å². The molecule has 1 aromatic carbocycles. The van der Waals surface area contributed by atoms with Gasteiger partial charge in [0.25, 0.3) is 0 Å². The van der Waals surface area contributed by atoms with Crippen molar-refractivity contribution in [3.8, 4) is 0 Å². The summed E-state index contributed by atoms with van der Waals surface area (Å²) in [6, 6.07) is 6.84. The Kier molecular flexibility index (Phi) is 5.20. The fourth-order valence-electron chi connectivity index (χ4n) is 1.29. The smallest absolute Gasteiger partial charge is 0.213 e. The number of benzene rings is 1. The van der Waals surface area contributed by atoms with Crippen molar-refractivity contribution < 1.29 is 13.5 Å². The minimum Gasteiger partial charge on any atom is -0.390 e. The second-order valence-electron chi connectivity index (χ2n) is 3.70. The lowest BCUT2D eigenvalue weighted by Crippen LogP contribution is -2.21. The van der Waals surface area contributed by atoms with E-state index in [0.29, 0.717) is 12.1 Å². The van der Waals surface area contributed by atoms with Gasteiger partial charge in [-0.25, -0.2) is 13.6 Å². The number of primary sulfonamides is 1. The maximum absolute atomic E-state index is 10.9. The van der Waals surface area contributed by atoms with E-state index in [-0.39, 0.29) is 11.6 Å². The highest BCUT2D eigenvalue weighted by Gasteiger charge is 2.06. The molecule has 0 amide bonds. The first kappa shape index (κ1) is 14.2. The standard InChI is InChI=1S/C10H15ClN2O3S/c11-5-10(14)6-13-9-3-1-2-8(4-9)7-17(12,15)16/h1-4,10,13-14H,5-7H2,(H2,12,15,16). The van der Waals surface area contributed by atoms with Crippen LogP contribution in [0.4, 0.5) is 5.69 Å². The van der Waals surface area contributed by atoms with E-state index < -0.39 is 16.1 Å². The number of hydrogen-bond donors (Lipinski definition) is 3. The van der Waals surface area contributed by atoms with Crippen LogP contribution in [0.25, 0.3) is 0 Å². The monoisotopic (exact) mass is 278 g/mol. The molecular weight excluding hydrogens is 264 g/mol. The van der Waals surface area contributed by atoms with Crippen LogP contribution in [0.2, 0.25) is 0 Å². The van der Waals surface area contributed by atoms with Crippen LogP contribution in [0.1, 0.15) is 5.56 Å². The van der Waals surface area contributed by atoms with Crippen molar-refractivity contribution >= 4 is 27.3 Å². The molecule has 0 saturated heterocycles. The Bertz CT molecular complexity index is 464. The van der Waals surface area contributed by atoms with Crippen LogP contribution in [-0.4, -0.2) is 32.1 Å². The quantitative estimate of drug-likeness (QED) is 0.660. The lowest BCUT2D eigenvalue weighted by molar-refractivity contribution is 0.211. The van der Waals surface area contributed by atoms with Crippen LogP contribution in [0.3, 0.4) is 0 Å². The summed E-state index contributed by atoms with van der Waals surface area (Å²) in [5, 5.41) is 17.2. The van der Waals surface area contributed by atoms with Crippen LogP contribution in [0.15, 0.2) is 24.3 Å². The van der Waals surface area contributed by atoms with E-state index in [1.165, 1.54) is 0 Å².